The van der Waals surface area contributed by atoms with E-state index in [1.165, 1.54) is 12.1 Å². The lowest BCUT2D eigenvalue weighted by Gasteiger charge is -2.05. The minimum Gasteiger partial charge on any atom is -0.456 e. The van der Waals surface area contributed by atoms with Crippen molar-refractivity contribution in [3.05, 3.63) is 71.7 Å². The van der Waals surface area contributed by atoms with Crippen LogP contribution in [0.25, 0.3) is 22.3 Å². The zero-order valence-electron chi connectivity index (χ0n) is 15.6. The zero-order chi connectivity index (χ0) is 21.1. The molecule has 0 bridgehead atoms. The van der Waals surface area contributed by atoms with Crippen LogP contribution < -0.4 is 0 Å². The third-order valence-corrected chi connectivity index (χ3v) is 4.57. The van der Waals surface area contributed by atoms with Crippen LogP contribution in [-0.2, 0) is 28.7 Å². The standard InChI is InChI=1S/C21H16F3N3O3/c22-21(23,24)15-8-5-13(6-9-15)20-26-18(30-27-20)12-29-19(28)10-7-14-11-25-17-4-2-1-3-16(14)17/h1-6,8-9,11,25H,7,10,12H2. The number of aromatic amines is 1. The van der Waals surface area contributed by atoms with Crippen LogP contribution in [0, 0.1) is 0 Å². The summed E-state index contributed by atoms with van der Waals surface area (Å²) in [7, 11) is 0. The van der Waals surface area contributed by atoms with E-state index in [1.54, 1.807) is 0 Å². The number of carbonyl (C=O) groups is 1. The number of fused-ring (bicyclic) bond motifs is 1. The molecule has 4 rings (SSSR count). The van der Waals surface area contributed by atoms with E-state index in [-0.39, 0.29) is 24.7 Å². The monoisotopic (exact) mass is 415 g/mol. The fourth-order valence-electron chi connectivity index (χ4n) is 3.03. The molecule has 0 aliphatic heterocycles. The van der Waals surface area contributed by atoms with Crippen LogP contribution in [-0.4, -0.2) is 21.1 Å². The number of nitrogens with zero attached hydrogens (tertiary/aromatic N) is 2. The third kappa shape index (κ3) is 4.35. The van der Waals surface area contributed by atoms with Crippen LogP contribution >= 0.6 is 0 Å². The number of benzene rings is 2. The van der Waals surface area contributed by atoms with E-state index < -0.39 is 17.7 Å². The Labute approximate surface area is 168 Å². The normalized spacial score (nSPS) is 11.7. The van der Waals surface area contributed by atoms with Crippen LogP contribution in [0.3, 0.4) is 0 Å². The van der Waals surface area contributed by atoms with E-state index in [1.807, 2.05) is 30.5 Å². The van der Waals surface area contributed by atoms with Crippen LogP contribution in [0.1, 0.15) is 23.4 Å². The lowest BCUT2D eigenvalue weighted by Crippen LogP contribution is -2.06. The Kier molecular flexibility index (Phi) is 5.26. The number of esters is 1. The number of aryl methyl sites for hydroxylation is 1. The number of para-hydroxylation sites is 1. The van der Waals surface area contributed by atoms with Crippen molar-refractivity contribution < 1.29 is 27.2 Å². The highest BCUT2D eigenvalue weighted by molar-refractivity contribution is 5.83. The molecule has 0 amide bonds. The van der Waals surface area contributed by atoms with Crippen molar-refractivity contribution in [2.24, 2.45) is 0 Å². The van der Waals surface area contributed by atoms with Gasteiger partial charge in [0.25, 0.3) is 5.89 Å². The van der Waals surface area contributed by atoms with E-state index in [0.29, 0.717) is 12.0 Å². The number of hydrogen-bond donors (Lipinski definition) is 1. The molecule has 0 spiro atoms. The Morgan fingerprint density at radius 3 is 2.63 bits per heavy atom. The van der Waals surface area contributed by atoms with E-state index in [4.69, 9.17) is 9.26 Å². The van der Waals surface area contributed by atoms with E-state index in [2.05, 4.69) is 15.1 Å². The largest absolute Gasteiger partial charge is 0.456 e. The second-order valence-corrected chi connectivity index (χ2v) is 6.61. The Bertz CT molecular complexity index is 1160. The summed E-state index contributed by atoms with van der Waals surface area (Å²) in [5.74, 6) is -0.242. The maximum atomic E-state index is 12.6. The van der Waals surface area contributed by atoms with Crippen LogP contribution in [0.5, 0.6) is 0 Å². The molecule has 0 unspecified atom stereocenters. The summed E-state index contributed by atoms with van der Waals surface area (Å²) in [5.41, 5.74) is 1.62. The average Bonchev–Trinajstić information content (AvgIpc) is 3.37. The summed E-state index contributed by atoms with van der Waals surface area (Å²) < 4.78 is 48.1. The summed E-state index contributed by atoms with van der Waals surface area (Å²) in [6, 6.07) is 12.2. The Hall–Kier alpha value is -3.62. The molecule has 1 N–H and O–H groups in total. The second kappa shape index (κ2) is 8.02. The van der Waals surface area contributed by atoms with Gasteiger partial charge in [0.2, 0.25) is 5.82 Å². The van der Waals surface area contributed by atoms with Crippen LogP contribution in [0.15, 0.2) is 59.3 Å². The van der Waals surface area contributed by atoms with Gasteiger partial charge in [0.1, 0.15) is 0 Å². The molecule has 2 heterocycles. The smallest absolute Gasteiger partial charge is 0.416 e. The summed E-state index contributed by atoms with van der Waals surface area (Å²) in [6.07, 6.45) is -1.85. The molecule has 9 heteroatoms. The molecule has 0 atom stereocenters. The number of carbonyl (C=O) groups excluding carboxylic acids is 1. The fourth-order valence-corrected chi connectivity index (χ4v) is 3.03. The first-order valence-corrected chi connectivity index (χ1v) is 9.11. The molecule has 0 saturated heterocycles. The summed E-state index contributed by atoms with van der Waals surface area (Å²) in [4.78, 5) is 19.2. The van der Waals surface area contributed by atoms with Crippen molar-refractivity contribution in [2.75, 3.05) is 0 Å². The van der Waals surface area contributed by atoms with Gasteiger partial charge in [-0.25, -0.2) is 0 Å². The van der Waals surface area contributed by atoms with Gasteiger partial charge in [-0.15, -0.1) is 0 Å². The zero-order valence-corrected chi connectivity index (χ0v) is 15.6. The lowest BCUT2D eigenvalue weighted by molar-refractivity contribution is -0.145. The molecule has 30 heavy (non-hydrogen) atoms. The van der Waals surface area contributed by atoms with Gasteiger partial charge in [0.15, 0.2) is 6.61 Å². The molecule has 0 aliphatic rings. The number of rotatable bonds is 6. The van der Waals surface area contributed by atoms with Crippen molar-refractivity contribution in [1.82, 2.24) is 15.1 Å². The minimum absolute atomic E-state index is 0.0605. The van der Waals surface area contributed by atoms with E-state index in [9.17, 15) is 18.0 Å². The van der Waals surface area contributed by atoms with E-state index in [0.717, 1.165) is 28.6 Å². The molecule has 0 fully saturated rings. The predicted molar refractivity (Wildman–Crippen MR) is 101 cm³/mol. The number of halogens is 3. The third-order valence-electron chi connectivity index (χ3n) is 4.57. The van der Waals surface area contributed by atoms with Crippen molar-refractivity contribution in [1.29, 1.82) is 0 Å². The van der Waals surface area contributed by atoms with Crippen molar-refractivity contribution >= 4 is 16.9 Å². The van der Waals surface area contributed by atoms with Gasteiger partial charge >= 0.3 is 12.1 Å². The van der Waals surface area contributed by atoms with Gasteiger partial charge in [-0.2, -0.15) is 18.2 Å². The van der Waals surface area contributed by atoms with Gasteiger partial charge in [0.05, 0.1) is 5.56 Å². The molecular formula is C21H16F3N3O3. The lowest BCUT2D eigenvalue weighted by atomic mass is 10.1. The Morgan fingerprint density at radius 1 is 1.10 bits per heavy atom. The van der Waals surface area contributed by atoms with Gasteiger partial charge in [-0.3, -0.25) is 4.79 Å². The Morgan fingerprint density at radius 2 is 1.87 bits per heavy atom. The molecule has 0 saturated carbocycles. The van der Waals surface area contributed by atoms with Gasteiger partial charge < -0.3 is 14.2 Å². The number of aromatic nitrogens is 3. The summed E-state index contributed by atoms with van der Waals surface area (Å²) in [5, 5.41) is 4.77. The first-order valence-electron chi connectivity index (χ1n) is 9.11. The highest BCUT2D eigenvalue weighted by Gasteiger charge is 2.30. The summed E-state index contributed by atoms with van der Waals surface area (Å²) >= 11 is 0. The second-order valence-electron chi connectivity index (χ2n) is 6.61. The van der Waals surface area contributed by atoms with Crippen molar-refractivity contribution in [2.45, 2.75) is 25.6 Å². The molecule has 154 valence electrons. The van der Waals surface area contributed by atoms with Gasteiger partial charge in [-0.05, 0) is 30.2 Å². The highest BCUT2D eigenvalue weighted by atomic mass is 19.4. The number of hydrogen-bond acceptors (Lipinski definition) is 5. The van der Waals surface area contributed by atoms with E-state index >= 15 is 0 Å². The first-order chi connectivity index (χ1) is 14.4. The van der Waals surface area contributed by atoms with Gasteiger partial charge in [0, 0.05) is 29.1 Å². The highest BCUT2D eigenvalue weighted by Crippen LogP contribution is 2.30. The van der Waals surface area contributed by atoms with Crippen LogP contribution in [0.4, 0.5) is 13.2 Å². The molecule has 0 radical (unpaired) electrons. The molecule has 0 aliphatic carbocycles. The van der Waals surface area contributed by atoms with Crippen LogP contribution in [0.2, 0.25) is 0 Å². The molecule has 6 nitrogen and oxygen atoms in total. The minimum atomic E-state index is -4.41. The topological polar surface area (TPSA) is 81.0 Å². The maximum absolute atomic E-state index is 12.6. The molecular weight excluding hydrogens is 399 g/mol. The van der Waals surface area contributed by atoms with Gasteiger partial charge in [-0.1, -0.05) is 35.5 Å². The number of nitrogens with one attached hydrogen (secondary N) is 1. The Balaban J connectivity index is 1.31. The fraction of sp³-hybridized carbons (Fsp3) is 0.190. The van der Waals surface area contributed by atoms with Crippen molar-refractivity contribution in [3.63, 3.8) is 0 Å². The first kappa shape index (κ1) is 19.7. The SMILES string of the molecule is O=C(CCc1c[nH]c2ccccc12)OCc1nc(-c2ccc(C(F)(F)F)cc2)no1. The number of alkyl halides is 3. The quantitative estimate of drug-likeness (QED) is 0.453. The summed E-state index contributed by atoms with van der Waals surface area (Å²) in [6.45, 7) is -0.208. The number of ether oxygens (including phenoxy) is 1. The van der Waals surface area contributed by atoms with Crippen molar-refractivity contribution in [3.8, 4) is 11.4 Å². The molecule has 4 aromatic rings. The molecule has 2 aromatic carbocycles. The molecule has 2 aromatic heterocycles. The predicted octanol–water partition coefficient (Wildman–Crippen LogP) is 4.91. The number of H-pyrrole nitrogens is 1. The average molecular weight is 415 g/mol. The maximum Gasteiger partial charge on any atom is 0.416 e.